The molecule has 1 heterocycles. The summed E-state index contributed by atoms with van der Waals surface area (Å²) in [5, 5.41) is 4.09. The van der Waals surface area contributed by atoms with Gasteiger partial charge in [-0.15, -0.1) is 24.0 Å². The summed E-state index contributed by atoms with van der Waals surface area (Å²) in [5.41, 5.74) is 8.08. The lowest BCUT2D eigenvalue weighted by molar-refractivity contribution is 0.487. The number of nitrogens with zero attached hydrogens (tertiary/aromatic N) is 5. The Morgan fingerprint density at radius 1 is 1.38 bits per heavy atom. The molecule has 1 aliphatic carbocycles. The molecule has 7 heteroatoms. The summed E-state index contributed by atoms with van der Waals surface area (Å²) in [4.78, 5) is 10.4. The fourth-order valence-electron chi connectivity index (χ4n) is 2.03. The van der Waals surface area contributed by atoms with E-state index in [2.05, 4.69) is 20.0 Å². The van der Waals surface area contributed by atoms with E-state index in [1.807, 2.05) is 31.3 Å². The summed E-state index contributed by atoms with van der Waals surface area (Å²) in [7, 11) is 2.00. The van der Waals surface area contributed by atoms with E-state index < -0.39 is 0 Å². The third-order valence-corrected chi connectivity index (χ3v) is 3.50. The standard InChI is InChI=1S/C14H18N6.HI/c1-19(12-6-7-12)14(15)17-8-11-2-4-13(5-3-11)20-10-16-9-18-20;/h2-5,9-10,12H,6-8H2,1H3,(H2,15,17);1H. The van der Waals surface area contributed by atoms with E-state index in [1.54, 1.807) is 11.0 Å². The maximum atomic E-state index is 5.97. The first-order valence-electron chi connectivity index (χ1n) is 6.71. The van der Waals surface area contributed by atoms with Crippen molar-refractivity contribution in [2.24, 2.45) is 10.7 Å². The van der Waals surface area contributed by atoms with Crippen molar-refractivity contribution >= 4 is 29.9 Å². The van der Waals surface area contributed by atoms with Crippen molar-refractivity contribution in [2.75, 3.05) is 7.05 Å². The zero-order valence-electron chi connectivity index (χ0n) is 11.9. The molecule has 0 spiro atoms. The zero-order chi connectivity index (χ0) is 13.9. The number of benzene rings is 1. The number of halogens is 1. The summed E-state index contributed by atoms with van der Waals surface area (Å²) >= 11 is 0. The highest BCUT2D eigenvalue weighted by Gasteiger charge is 2.27. The van der Waals surface area contributed by atoms with Gasteiger partial charge in [0.2, 0.25) is 0 Å². The van der Waals surface area contributed by atoms with Gasteiger partial charge in [0.1, 0.15) is 12.7 Å². The van der Waals surface area contributed by atoms with Crippen LogP contribution in [0.15, 0.2) is 41.9 Å². The molecule has 0 unspecified atom stereocenters. The number of nitrogens with two attached hydrogens (primary N) is 1. The van der Waals surface area contributed by atoms with Crippen molar-refractivity contribution in [1.29, 1.82) is 0 Å². The van der Waals surface area contributed by atoms with Gasteiger partial charge in [0.25, 0.3) is 0 Å². The van der Waals surface area contributed by atoms with Crippen molar-refractivity contribution in [3.05, 3.63) is 42.5 Å². The normalized spacial score (nSPS) is 14.6. The van der Waals surface area contributed by atoms with Crippen molar-refractivity contribution < 1.29 is 0 Å². The molecular formula is C14H19IN6. The van der Waals surface area contributed by atoms with Gasteiger partial charge in [-0.2, -0.15) is 5.10 Å². The van der Waals surface area contributed by atoms with Gasteiger partial charge < -0.3 is 10.6 Å². The lowest BCUT2D eigenvalue weighted by Crippen LogP contribution is -2.35. The summed E-state index contributed by atoms with van der Waals surface area (Å²) in [6, 6.07) is 8.66. The van der Waals surface area contributed by atoms with E-state index in [1.165, 1.54) is 19.2 Å². The Kier molecular flexibility index (Phi) is 5.16. The number of hydrogen-bond donors (Lipinski definition) is 1. The van der Waals surface area contributed by atoms with Crippen LogP contribution in [0.3, 0.4) is 0 Å². The van der Waals surface area contributed by atoms with Crippen LogP contribution in [0, 0.1) is 0 Å². The minimum absolute atomic E-state index is 0. The molecule has 0 atom stereocenters. The van der Waals surface area contributed by atoms with Gasteiger partial charge in [0.15, 0.2) is 5.96 Å². The van der Waals surface area contributed by atoms with Crippen LogP contribution in [0.25, 0.3) is 5.69 Å². The summed E-state index contributed by atoms with van der Waals surface area (Å²) in [6.07, 6.45) is 5.64. The first-order valence-corrected chi connectivity index (χ1v) is 6.71. The van der Waals surface area contributed by atoms with Gasteiger partial charge in [0, 0.05) is 13.1 Å². The minimum Gasteiger partial charge on any atom is -0.370 e. The Labute approximate surface area is 141 Å². The fourth-order valence-corrected chi connectivity index (χ4v) is 2.03. The molecule has 6 nitrogen and oxygen atoms in total. The lowest BCUT2D eigenvalue weighted by Gasteiger charge is -2.16. The third kappa shape index (κ3) is 3.93. The fraction of sp³-hybridized carbons (Fsp3) is 0.357. The highest BCUT2D eigenvalue weighted by atomic mass is 127. The van der Waals surface area contributed by atoms with E-state index in [0.29, 0.717) is 18.5 Å². The third-order valence-electron chi connectivity index (χ3n) is 3.50. The molecule has 1 aromatic carbocycles. The average molecular weight is 398 g/mol. The van der Waals surface area contributed by atoms with Gasteiger partial charge in [-0.25, -0.2) is 14.7 Å². The number of hydrogen-bond acceptors (Lipinski definition) is 3. The molecule has 1 aliphatic rings. The highest BCUT2D eigenvalue weighted by molar-refractivity contribution is 14.0. The van der Waals surface area contributed by atoms with Crippen LogP contribution in [0.1, 0.15) is 18.4 Å². The highest BCUT2D eigenvalue weighted by Crippen LogP contribution is 2.24. The van der Waals surface area contributed by atoms with Crippen LogP contribution < -0.4 is 5.73 Å². The van der Waals surface area contributed by atoms with Gasteiger partial charge in [0.05, 0.1) is 12.2 Å². The molecule has 1 fully saturated rings. The van der Waals surface area contributed by atoms with Crippen molar-refractivity contribution in [3.8, 4) is 5.69 Å². The summed E-state index contributed by atoms with van der Waals surface area (Å²) in [5.74, 6) is 0.618. The van der Waals surface area contributed by atoms with Gasteiger partial charge in [-0.1, -0.05) is 12.1 Å². The molecule has 0 radical (unpaired) electrons. The second-order valence-electron chi connectivity index (χ2n) is 5.02. The SMILES string of the molecule is CN(C(N)=NCc1ccc(-n2cncn2)cc1)C1CC1.I. The van der Waals surface area contributed by atoms with E-state index in [0.717, 1.165) is 11.3 Å². The Balaban J connectivity index is 0.00000161. The molecule has 1 saturated carbocycles. The number of rotatable bonds is 4. The predicted molar refractivity (Wildman–Crippen MR) is 92.9 cm³/mol. The molecule has 0 amide bonds. The van der Waals surface area contributed by atoms with Crippen molar-refractivity contribution in [2.45, 2.75) is 25.4 Å². The topological polar surface area (TPSA) is 72.3 Å². The molecule has 0 aliphatic heterocycles. The van der Waals surface area contributed by atoms with E-state index in [4.69, 9.17) is 5.73 Å². The second kappa shape index (κ2) is 6.88. The Morgan fingerprint density at radius 3 is 2.67 bits per heavy atom. The number of aromatic nitrogens is 3. The molecule has 112 valence electrons. The van der Waals surface area contributed by atoms with Crippen molar-refractivity contribution in [1.82, 2.24) is 19.7 Å². The maximum Gasteiger partial charge on any atom is 0.191 e. The predicted octanol–water partition coefficient (Wildman–Crippen LogP) is 1.79. The van der Waals surface area contributed by atoms with Crippen LogP contribution in [0.2, 0.25) is 0 Å². The van der Waals surface area contributed by atoms with E-state index >= 15 is 0 Å². The zero-order valence-corrected chi connectivity index (χ0v) is 14.2. The van der Waals surface area contributed by atoms with Crippen molar-refractivity contribution in [3.63, 3.8) is 0 Å². The van der Waals surface area contributed by atoms with Crippen LogP contribution in [-0.2, 0) is 6.54 Å². The molecule has 0 saturated heterocycles. The molecular weight excluding hydrogens is 379 g/mol. The molecule has 0 bridgehead atoms. The first kappa shape index (κ1) is 15.7. The lowest BCUT2D eigenvalue weighted by atomic mass is 10.2. The molecule has 2 N–H and O–H groups in total. The number of guanidine groups is 1. The Morgan fingerprint density at radius 2 is 2.10 bits per heavy atom. The van der Waals surface area contributed by atoms with Crippen LogP contribution in [-0.4, -0.2) is 38.7 Å². The smallest absolute Gasteiger partial charge is 0.191 e. The second-order valence-corrected chi connectivity index (χ2v) is 5.02. The van der Waals surface area contributed by atoms with Crippen LogP contribution in [0.4, 0.5) is 0 Å². The van der Waals surface area contributed by atoms with E-state index in [-0.39, 0.29) is 24.0 Å². The Hall–Kier alpha value is -1.64. The molecule has 21 heavy (non-hydrogen) atoms. The summed E-state index contributed by atoms with van der Waals surface area (Å²) in [6.45, 7) is 0.598. The Bertz CT molecular complexity index is 588. The van der Waals surface area contributed by atoms with Gasteiger partial charge in [-0.05, 0) is 30.5 Å². The first-order chi connectivity index (χ1) is 9.74. The monoisotopic (exact) mass is 398 g/mol. The van der Waals surface area contributed by atoms with Gasteiger partial charge >= 0.3 is 0 Å². The van der Waals surface area contributed by atoms with Gasteiger partial charge in [-0.3, -0.25) is 0 Å². The molecule has 3 rings (SSSR count). The quantitative estimate of drug-likeness (QED) is 0.484. The molecule has 2 aromatic rings. The largest absolute Gasteiger partial charge is 0.370 e. The molecule has 1 aromatic heterocycles. The average Bonchev–Trinajstić information content (AvgIpc) is 3.19. The maximum absolute atomic E-state index is 5.97. The minimum atomic E-state index is 0. The van der Waals surface area contributed by atoms with E-state index in [9.17, 15) is 0 Å². The van der Waals surface area contributed by atoms with Crippen LogP contribution >= 0.6 is 24.0 Å². The number of aliphatic imine (C=N–C) groups is 1. The van der Waals surface area contributed by atoms with Crippen LogP contribution in [0.5, 0.6) is 0 Å². The summed E-state index contributed by atoms with van der Waals surface area (Å²) < 4.78 is 1.72.